The van der Waals surface area contributed by atoms with Gasteiger partial charge in [0, 0.05) is 36.4 Å². The first-order chi connectivity index (χ1) is 10.2. The van der Waals surface area contributed by atoms with Crippen LogP contribution in [0.1, 0.15) is 10.7 Å². The zero-order valence-electron chi connectivity index (χ0n) is 11.2. The molecule has 0 saturated heterocycles. The predicted molar refractivity (Wildman–Crippen MR) is 81.0 cm³/mol. The second kappa shape index (κ2) is 6.15. The average Bonchev–Trinajstić information content (AvgIpc) is 3.10. The van der Waals surface area contributed by atoms with Crippen molar-refractivity contribution in [1.29, 1.82) is 0 Å². The number of halogens is 1. The van der Waals surface area contributed by atoms with E-state index in [1.54, 1.807) is 29.8 Å². The predicted octanol–water partition coefficient (Wildman–Crippen LogP) is 2.13. The highest BCUT2D eigenvalue weighted by atomic mass is 35.5. The molecule has 0 aliphatic rings. The van der Waals surface area contributed by atoms with Crippen molar-refractivity contribution in [3.63, 3.8) is 0 Å². The summed E-state index contributed by atoms with van der Waals surface area (Å²) in [6, 6.07) is 1.79. The van der Waals surface area contributed by atoms with Crippen molar-refractivity contribution in [2.75, 3.05) is 11.9 Å². The monoisotopic (exact) mass is 321 g/mol. The lowest BCUT2D eigenvalue weighted by Crippen LogP contribution is -2.11. The number of aryl methyl sites for hydroxylation is 1. The quantitative estimate of drug-likeness (QED) is 0.775. The van der Waals surface area contributed by atoms with Crippen molar-refractivity contribution >= 4 is 28.9 Å². The molecule has 0 aliphatic carbocycles. The Bertz CT molecular complexity index is 725. The summed E-state index contributed by atoms with van der Waals surface area (Å²) in [5.41, 5.74) is 1.04. The average molecular weight is 322 g/mol. The fourth-order valence-corrected chi connectivity index (χ4v) is 2.64. The lowest BCUT2D eigenvalue weighted by atomic mass is 10.4. The Morgan fingerprint density at radius 1 is 1.29 bits per heavy atom. The van der Waals surface area contributed by atoms with E-state index in [4.69, 9.17) is 11.6 Å². The summed E-state index contributed by atoms with van der Waals surface area (Å²) in [5.74, 6) is 0.807. The molecule has 108 valence electrons. The van der Waals surface area contributed by atoms with Crippen LogP contribution in [0.5, 0.6) is 0 Å². The summed E-state index contributed by atoms with van der Waals surface area (Å²) in [7, 11) is 0. The number of rotatable bonds is 5. The van der Waals surface area contributed by atoms with E-state index >= 15 is 0 Å². The summed E-state index contributed by atoms with van der Waals surface area (Å²) in [4.78, 5) is 16.8. The van der Waals surface area contributed by atoms with E-state index in [0.29, 0.717) is 18.4 Å². The molecule has 0 aliphatic heterocycles. The van der Waals surface area contributed by atoms with Gasteiger partial charge in [-0.2, -0.15) is 20.1 Å². The van der Waals surface area contributed by atoms with Gasteiger partial charge < -0.3 is 5.32 Å². The van der Waals surface area contributed by atoms with Crippen molar-refractivity contribution in [3.05, 3.63) is 39.8 Å². The van der Waals surface area contributed by atoms with Gasteiger partial charge in [-0.3, -0.25) is 0 Å². The fraction of sp³-hybridized carbons (Fsp3) is 0.250. The van der Waals surface area contributed by atoms with Crippen LogP contribution in [-0.4, -0.2) is 36.3 Å². The highest BCUT2D eigenvalue weighted by Gasteiger charge is 2.07. The first-order valence-electron chi connectivity index (χ1n) is 6.27. The van der Waals surface area contributed by atoms with Gasteiger partial charge in [-0.1, -0.05) is 0 Å². The molecule has 7 nitrogen and oxygen atoms in total. The smallest absolute Gasteiger partial charge is 0.256 e. The van der Waals surface area contributed by atoms with Gasteiger partial charge in [-0.05, 0) is 24.6 Å². The normalized spacial score (nSPS) is 10.8. The van der Waals surface area contributed by atoms with Gasteiger partial charge in [0.1, 0.15) is 0 Å². The Kier molecular flexibility index (Phi) is 4.07. The van der Waals surface area contributed by atoms with Crippen LogP contribution in [0.3, 0.4) is 0 Å². The maximum Gasteiger partial charge on any atom is 0.256 e. The van der Waals surface area contributed by atoms with Gasteiger partial charge in [0.05, 0.1) is 5.01 Å². The molecule has 3 aromatic heterocycles. The molecule has 9 heteroatoms. The van der Waals surface area contributed by atoms with Crippen molar-refractivity contribution in [2.24, 2.45) is 0 Å². The van der Waals surface area contributed by atoms with Gasteiger partial charge >= 0.3 is 0 Å². The second-order valence-corrected chi connectivity index (χ2v) is 5.52. The highest BCUT2D eigenvalue weighted by Crippen LogP contribution is 2.11. The van der Waals surface area contributed by atoms with E-state index in [0.717, 1.165) is 17.1 Å². The van der Waals surface area contributed by atoms with E-state index in [9.17, 15) is 0 Å². The van der Waals surface area contributed by atoms with Crippen molar-refractivity contribution in [3.8, 4) is 5.95 Å². The second-order valence-electron chi connectivity index (χ2n) is 4.24. The minimum atomic E-state index is 0.128. The lowest BCUT2D eigenvalue weighted by molar-refractivity contribution is 0.794. The van der Waals surface area contributed by atoms with Crippen LogP contribution in [0.15, 0.2) is 23.8 Å². The van der Waals surface area contributed by atoms with E-state index in [1.807, 2.05) is 12.3 Å². The van der Waals surface area contributed by atoms with Crippen LogP contribution in [0.4, 0.5) is 5.95 Å². The molecule has 0 bridgehead atoms. The Morgan fingerprint density at radius 2 is 2.19 bits per heavy atom. The molecule has 0 unspecified atom stereocenters. The molecule has 3 aromatic rings. The third-order valence-electron chi connectivity index (χ3n) is 2.59. The summed E-state index contributed by atoms with van der Waals surface area (Å²) < 4.78 is 1.53. The molecular formula is C12H12ClN7S. The molecule has 3 rings (SSSR count). The van der Waals surface area contributed by atoms with Crippen LogP contribution in [0, 0.1) is 6.92 Å². The summed E-state index contributed by atoms with van der Waals surface area (Å²) in [6.07, 6.45) is 4.20. The molecule has 0 saturated carbocycles. The van der Waals surface area contributed by atoms with Crippen molar-refractivity contribution in [2.45, 2.75) is 13.3 Å². The largest absolute Gasteiger partial charge is 0.354 e. The number of thiazole rings is 1. The molecule has 0 aromatic carbocycles. The summed E-state index contributed by atoms with van der Waals surface area (Å²) in [6.45, 7) is 2.65. The third kappa shape index (κ3) is 3.53. The SMILES string of the molecule is Cc1csc(CCNc2nc(Cl)nc(-n3cccn3)n2)n1. The van der Waals surface area contributed by atoms with Gasteiger partial charge in [0.25, 0.3) is 5.95 Å². The minimum absolute atomic E-state index is 0.128. The first-order valence-corrected chi connectivity index (χ1v) is 7.53. The van der Waals surface area contributed by atoms with Crippen molar-refractivity contribution < 1.29 is 0 Å². The highest BCUT2D eigenvalue weighted by molar-refractivity contribution is 7.09. The van der Waals surface area contributed by atoms with Crippen molar-refractivity contribution in [1.82, 2.24) is 29.7 Å². The standard InChI is InChI=1S/C12H12ClN7S/c1-8-7-21-9(16-8)3-5-14-11-17-10(13)18-12(19-11)20-6-2-4-15-20/h2,4,6-7H,3,5H2,1H3,(H,14,17,18,19). The van der Waals surface area contributed by atoms with E-state index < -0.39 is 0 Å². The van der Waals surface area contributed by atoms with Gasteiger partial charge in [0.2, 0.25) is 11.2 Å². The summed E-state index contributed by atoms with van der Waals surface area (Å²) >= 11 is 7.56. The lowest BCUT2D eigenvalue weighted by Gasteiger charge is -2.05. The Morgan fingerprint density at radius 3 is 2.90 bits per heavy atom. The fourth-order valence-electron chi connectivity index (χ4n) is 1.71. The van der Waals surface area contributed by atoms with Gasteiger partial charge in [-0.15, -0.1) is 11.3 Å². The van der Waals surface area contributed by atoms with Crippen LogP contribution in [0.25, 0.3) is 5.95 Å². The topological polar surface area (TPSA) is 81.4 Å². The molecule has 3 heterocycles. The molecular weight excluding hydrogens is 310 g/mol. The Balaban J connectivity index is 1.68. The number of anilines is 1. The molecule has 0 radical (unpaired) electrons. The number of aromatic nitrogens is 6. The molecule has 0 amide bonds. The molecule has 0 fully saturated rings. The van der Waals surface area contributed by atoms with Gasteiger partial charge in [-0.25, -0.2) is 9.67 Å². The maximum absolute atomic E-state index is 5.91. The minimum Gasteiger partial charge on any atom is -0.354 e. The van der Waals surface area contributed by atoms with Crippen LogP contribution in [-0.2, 0) is 6.42 Å². The maximum atomic E-state index is 5.91. The number of hydrogen-bond donors (Lipinski definition) is 1. The zero-order valence-corrected chi connectivity index (χ0v) is 12.8. The van der Waals surface area contributed by atoms with E-state index in [2.05, 4.69) is 30.4 Å². The van der Waals surface area contributed by atoms with Gasteiger partial charge in [0.15, 0.2) is 0 Å². The van der Waals surface area contributed by atoms with Crippen LogP contribution >= 0.6 is 22.9 Å². The molecule has 0 atom stereocenters. The summed E-state index contributed by atoms with van der Waals surface area (Å²) in [5, 5.41) is 10.4. The van der Waals surface area contributed by atoms with Crippen LogP contribution < -0.4 is 5.32 Å². The van der Waals surface area contributed by atoms with Crippen LogP contribution in [0.2, 0.25) is 5.28 Å². The molecule has 21 heavy (non-hydrogen) atoms. The molecule has 1 N–H and O–H groups in total. The third-order valence-corrected chi connectivity index (χ3v) is 3.79. The number of hydrogen-bond acceptors (Lipinski definition) is 7. The zero-order chi connectivity index (χ0) is 14.7. The number of nitrogens with zero attached hydrogens (tertiary/aromatic N) is 6. The first kappa shape index (κ1) is 13.9. The number of nitrogens with one attached hydrogen (secondary N) is 1. The molecule has 0 spiro atoms. The van der Waals surface area contributed by atoms with E-state index in [-0.39, 0.29) is 5.28 Å². The Labute approximate surface area is 130 Å². The Hall–Kier alpha value is -2.06. The van der Waals surface area contributed by atoms with E-state index in [1.165, 1.54) is 4.68 Å².